The Balaban J connectivity index is 0.000000638. The van der Waals surface area contributed by atoms with Crippen LogP contribution >= 0.6 is 7.81 Å². The Morgan fingerprint density at radius 1 is 0.632 bits per heavy atom. The zero-order chi connectivity index (χ0) is 28.6. The van der Waals surface area contributed by atoms with Crippen LogP contribution in [0.1, 0.15) is 27.7 Å². The molecule has 3 aromatic carbocycles. The standard InChI is InChI=1S/C26H30O4S.F6P/c1-5-27-18(3)29-23-12-7-20(8-13-23)22-11-16-26(31)25(17-22)21-9-14-24(15-10-21)30-19(4)28-6-2;1-7(2,3,4,5)6/h7-19,31H,5-6H2,1-4H3;/q;-1/p+1. The Hall–Kier alpha value is -2.46. The SMILES string of the molecule is CCOC(C)Oc1ccc(-c2ccc([SH2+])c(-c3ccc(OC(C)OCC)cc3)c2)cc1.F[P-](F)(F)(F)(F)F. The molecule has 3 aromatic rings. The van der Waals surface area contributed by atoms with E-state index < -0.39 is 7.81 Å². The van der Waals surface area contributed by atoms with Gasteiger partial charge in [0.05, 0.1) is 0 Å². The second kappa shape index (κ2) is 12.2. The van der Waals surface area contributed by atoms with E-state index in [-0.39, 0.29) is 12.6 Å². The second-order valence-electron chi connectivity index (χ2n) is 8.05. The van der Waals surface area contributed by atoms with E-state index in [4.69, 9.17) is 18.9 Å². The van der Waals surface area contributed by atoms with Crippen molar-refractivity contribution in [3.63, 3.8) is 0 Å². The molecular formula is C26H31F6O4PS. The van der Waals surface area contributed by atoms with E-state index >= 15 is 0 Å². The van der Waals surface area contributed by atoms with Crippen LogP contribution in [0.4, 0.5) is 25.2 Å². The summed E-state index contributed by atoms with van der Waals surface area (Å²) in [6.07, 6.45) is -0.535. The van der Waals surface area contributed by atoms with Crippen LogP contribution in [0, 0.1) is 0 Å². The monoisotopic (exact) mass is 584 g/mol. The summed E-state index contributed by atoms with van der Waals surface area (Å²) >= 11 is 3.74. The molecule has 0 fully saturated rings. The Morgan fingerprint density at radius 3 is 1.39 bits per heavy atom. The molecule has 0 saturated carbocycles. The first kappa shape index (κ1) is 31.8. The molecule has 0 aliphatic rings. The van der Waals surface area contributed by atoms with Crippen LogP contribution in [0.25, 0.3) is 22.3 Å². The predicted octanol–water partition coefficient (Wildman–Crippen LogP) is 9.30. The molecule has 0 aliphatic heterocycles. The average molecular weight is 585 g/mol. The summed E-state index contributed by atoms with van der Waals surface area (Å²) in [5.41, 5.74) is 4.47. The van der Waals surface area contributed by atoms with E-state index in [2.05, 4.69) is 55.1 Å². The van der Waals surface area contributed by atoms with Crippen molar-refractivity contribution in [2.45, 2.75) is 45.2 Å². The molecular weight excluding hydrogens is 553 g/mol. The summed E-state index contributed by atoms with van der Waals surface area (Å²) in [5, 5.41) is 0. The van der Waals surface area contributed by atoms with Gasteiger partial charge in [-0.25, -0.2) is 0 Å². The van der Waals surface area contributed by atoms with Gasteiger partial charge < -0.3 is 18.9 Å². The molecule has 4 nitrogen and oxygen atoms in total. The summed E-state index contributed by atoms with van der Waals surface area (Å²) in [6, 6.07) is 22.5. The first-order valence-electron chi connectivity index (χ1n) is 11.6. The Bertz CT molecular complexity index is 1160. The minimum absolute atomic E-state index is 0.265. The summed E-state index contributed by atoms with van der Waals surface area (Å²) in [5.74, 6) is 1.58. The summed E-state index contributed by atoms with van der Waals surface area (Å²) < 4.78 is 81.6. The molecule has 0 amide bonds. The molecule has 12 heteroatoms. The summed E-state index contributed by atoms with van der Waals surface area (Å²) in [4.78, 5) is 1.03. The zero-order valence-electron chi connectivity index (χ0n) is 21.3. The topological polar surface area (TPSA) is 36.9 Å². The predicted molar refractivity (Wildman–Crippen MR) is 143 cm³/mol. The first-order chi connectivity index (χ1) is 17.4. The molecule has 0 saturated heterocycles. The van der Waals surface area contributed by atoms with Gasteiger partial charge in [-0.15, -0.1) is 0 Å². The Kier molecular flexibility index (Phi) is 10.2. The van der Waals surface area contributed by atoms with E-state index in [1.54, 1.807) is 0 Å². The van der Waals surface area contributed by atoms with E-state index in [9.17, 15) is 25.2 Å². The molecule has 0 N–H and O–H groups in total. The molecule has 0 spiro atoms. The van der Waals surface area contributed by atoms with Gasteiger partial charge in [-0.2, -0.15) is 0 Å². The number of benzene rings is 3. The number of hydrogen-bond acceptors (Lipinski definition) is 4. The van der Waals surface area contributed by atoms with Gasteiger partial charge in [0.2, 0.25) is 0 Å². The molecule has 3 rings (SSSR count). The molecule has 212 valence electrons. The quantitative estimate of drug-likeness (QED) is 0.103. The fourth-order valence-electron chi connectivity index (χ4n) is 3.32. The average Bonchev–Trinajstić information content (AvgIpc) is 2.79. The fraction of sp³-hybridized carbons (Fsp3) is 0.308. The van der Waals surface area contributed by atoms with Gasteiger partial charge in [0.15, 0.2) is 17.5 Å². The van der Waals surface area contributed by atoms with Crippen molar-refractivity contribution >= 4 is 20.4 Å². The van der Waals surface area contributed by atoms with E-state index in [1.165, 1.54) is 0 Å². The molecule has 0 heterocycles. The maximum absolute atomic E-state index is 10.7. The van der Waals surface area contributed by atoms with Crippen LogP contribution in [-0.4, -0.2) is 25.8 Å². The van der Waals surface area contributed by atoms with Gasteiger partial charge in [-0.1, -0.05) is 24.3 Å². The van der Waals surface area contributed by atoms with Gasteiger partial charge in [-0.3, -0.25) is 0 Å². The van der Waals surface area contributed by atoms with Crippen LogP contribution in [0.15, 0.2) is 71.6 Å². The second-order valence-corrected chi connectivity index (χ2v) is 10.5. The number of hydrogen-bond donors (Lipinski definition) is 0. The van der Waals surface area contributed by atoms with Crippen LogP contribution in [0.5, 0.6) is 11.5 Å². The third-order valence-corrected chi connectivity index (χ3v) is 5.22. The summed E-state index contributed by atoms with van der Waals surface area (Å²) in [7, 11) is -10.7. The zero-order valence-corrected chi connectivity index (χ0v) is 23.2. The van der Waals surface area contributed by atoms with Gasteiger partial charge in [0, 0.05) is 18.8 Å². The fourth-order valence-corrected chi connectivity index (χ4v) is 3.62. The van der Waals surface area contributed by atoms with Gasteiger partial charge in [-0.05, 0) is 99.5 Å². The summed E-state index contributed by atoms with van der Waals surface area (Å²) in [6.45, 7) is 8.94. The molecule has 2 unspecified atom stereocenters. The molecule has 0 bridgehead atoms. The van der Waals surface area contributed by atoms with Gasteiger partial charge in [0.25, 0.3) is 0 Å². The van der Waals surface area contributed by atoms with Crippen LogP contribution in [0.3, 0.4) is 0 Å². The Labute approximate surface area is 223 Å². The molecule has 2 atom stereocenters. The molecule has 0 radical (unpaired) electrons. The van der Waals surface area contributed by atoms with Crippen LogP contribution in [0.2, 0.25) is 0 Å². The van der Waals surface area contributed by atoms with Crippen molar-refractivity contribution in [1.29, 1.82) is 0 Å². The van der Waals surface area contributed by atoms with Crippen molar-refractivity contribution < 1.29 is 44.1 Å². The van der Waals surface area contributed by atoms with Crippen molar-refractivity contribution in [1.82, 2.24) is 0 Å². The van der Waals surface area contributed by atoms with E-state index in [1.807, 2.05) is 52.0 Å². The molecule has 0 aliphatic carbocycles. The third kappa shape index (κ3) is 12.9. The normalized spacial score (nSPS) is 14.8. The first-order valence-corrected chi connectivity index (χ1v) is 14.2. The van der Waals surface area contributed by atoms with Gasteiger partial charge in [0.1, 0.15) is 11.5 Å². The number of rotatable bonds is 10. The molecule has 0 aromatic heterocycles. The molecule has 38 heavy (non-hydrogen) atoms. The Morgan fingerprint density at radius 2 is 1.00 bits per heavy atom. The number of halogens is 6. The van der Waals surface area contributed by atoms with Crippen molar-refractivity contribution in [3.8, 4) is 33.8 Å². The van der Waals surface area contributed by atoms with Crippen molar-refractivity contribution in [2.24, 2.45) is 0 Å². The van der Waals surface area contributed by atoms with Gasteiger partial charge >= 0.3 is 33.0 Å². The van der Waals surface area contributed by atoms with E-state index in [0.717, 1.165) is 38.6 Å². The number of ether oxygens (including phenoxy) is 4. The third-order valence-electron chi connectivity index (χ3n) is 4.78. The van der Waals surface area contributed by atoms with Crippen LogP contribution in [-0.2, 0) is 22.1 Å². The van der Waals surface area contributed by atoms with E-state index in [0.29, 0.717) is 13.2 Å². The van der Waals surface area contributed by atoms with Crippen molar-refractivity contribution in [3.05, 3.63) is 66.7 Å². The minimum atomic E-state index is -10.7. The maximum atomic E-state index is 9.87. The van der Waals surface area contributed by atoms with Crippen molar-refractivity contribution in [2.75, 3.05) is 13.2 Å². The van der Waals surface area contributed by atoms with Crippen LogP contribution < -0.4 is 9.47 Å².